The zero-order valence-corrected chi connectivity index (χ0v) is 12.2. The number of methoxy groups -OCH3 is 1. The summed E-state index contributed by atoms with van der Waals surface area (Å²) in [6, 6.07) is 14.1. The first-order chi connectivity index (χ1) is 9.10. The largest absolute Gasteiger partial charge is 0.495 e. The SMILES string of the molecule is COc1ccc(C)cc1NC(C)c1cccc(Cl)c1. The molecule has 0 aliphatic rings. The molecule has 3 heteroatoms. The molecule has 0 aliphatic heterocycles. The molecule has 0 saturated carbocycles. The maximum Gasteiger partial charge on any atom is 0.141 e. The Morgan fingerprint density at radius 1 is 1.16 bits per heavy atom. The molecule has 100 valence electrons. The highest BCUT2D eigenvalue weighted by Crippen LogP contribution is 2.29. The summed E-state index contributed by atoms with van der Waals surface area (Å²) < 4.78 is 5.37. The number of hydrogen-bond donors (Lipinski definition) is 1. The second kappa shape index (κ2) is 5.98. The predicted molar refractivity (Wildman–Crippen MR) is 81.2 cm³/mol. The fourth-order valence-corrected chi connectivity index (χ4v) is 2.23. The van der Waals surface area contributed by atoms with Gasteiger partial charge in [0.05, 0.1) is 12.8 Å². The van der Waals surface area contributed by atoms with Crippen molar-refractivity contribution >= 4 is 17.3 Å². The van der Waals surface area contributed by atoms with Crippen molar-refractivity contribution in [3.05, 3.63) is 58.6 Å². The number of hydrogen-bond acceptors (Lipinski definition) is 2. The summed E-state index contributed by atoms with van der Waals surface area (Å²) in [7, 11) is 1.68. The second-order valence-corrected chi connectivity index (χ2v) is 5.06. The van der Waals surface area contributed by atoms with Gasteiger partial charge in [-0.25, -0.2) is 0 Å². The molecule has 0 fully saturated rings. The molecule has 19 heavy (non-hydrogen) atoms. The molecule has 1 unspecified atom stereocenters. The van der Waals surface area contributed by atoms with Gasteiger partial charge in [0.25, 0.3) is 0 Å². The molecule has 2 aromatic rings. The van der Waals surface area contributed by atoms with Gasteiger partial charge in [0.15, 0.2) is 0 Å². The van der Waals surface area contributed by atoms with E-state index in [0.717, 1.165) is 22.0 Å². The number of ether oxygens (including phenoxy) is 1. The molecule has 1 N–H and O–H groups in total. The number of nitrogens with one attached hydrogen (secondary N) is 1. The van der Waals surface area contributed by atoms with Crippen LogP contribution in [0.25, 0.3) is 0 Å². The van der Waals surface area contributed by atoms with Crippen molar-refractivity contribution in [1.29, 1.82) is 0 Å². The normalized spacial score (nSPS) is 12.0. The maximum atomic E-state index is 6.02. The Bertz CT molecular complexity index is 568. The average Bonchev–Trinajstić information content (AvgIpc) is 2.39. The van der Waals surface area contributed by atoms with Gasteiger partial charge >= 0.3 is 0 Å². The lowest BCUT2D eigenvalue weighted by atomic mass is 10.1. The van der Waals surface area contributed by atoms with Crippen LogP contribution in [-0.2, 0) is 0 Å². The van der Waals surface area contributed by atoms with Gasteiger partial charge in [0.2, 0.25) is 0 Å². The lowest BCUT2D eigenvalue weighted by Gasteiger charge is -2.18. The van der Waals surface area contributed by atoms with Crippen molar-refractivity contribution in [3.63, 3.8) is 0 Å². The summed E-state index contributed by atoms with van der Waals surface area (Å²) in [5.74, 6) is 0.847. The summed E-state index contributed by atoms with van der Waals surface area (Å²) in [4.78, 5) is 0. The fraction of sp³-hybridized carbons (Fsp3) is 0.250. The van der Waals surface area contributed by atoms with Crippen LogP contribution in [0, 0.1) is 6.92 Å². The summed E-state index contributed by atoms with van der Waals surface area (Å²) in [6.45, 7) is 4.17. The van der Waals surface area contributed by atoms with E-state index in [1.807, 2.05) is 30.3 Å². The van der Waals surface area contributed by atoms with E-state index >= 15 is 0 Å². The number of benzene rings is 2. The lowest BCUT2D eigenvalue weighted by molar-refractivity contribution is 0.416. The van der Waals surface area contributed by atoms with Crippen LogP contribution in [0.3, 0.4) is 0 Å². The number of anilines is 1. The third kappa shape index (κ3) is 3.42. The Balaban J connectivity index is 2.23. The van der Waals surface area contributed by atoms with Gasteiger partial charge in [-0.1, -0.05) is 29.8 Å². The van der Waals surface area contributed by atoms with Crippen molar-refractivity contribution in [2.24, 2.45) is 0 Å². The molecule has 0 aliphatic carbocycles. The van der Waals surface area contributed by atoms with Crippen LogP contribution in [0.2, 0.25) is 5.02 Å². The van der Waals surface area contributed by atoms with Crippen LogP contribution in [0.1, 0.15) is 24.1 Å². The first-order valence-corrected chi connectivity index (χ1v) is 6.64. The van der Waals surface area contributed by atoms with Gasteiger partial charge in [-0.05, 0) is 49.2 Å². The van der Waals surface area contributed by atoms with Crippen molar-refractivity contribution in [2.75, 3.05) is 12.4 Å². The number of rotatable bonds is 4. The van der Waals surface area contributed by atoms with E-state index in [1.165, 1.54) is 5.56 Å². The van der Waals surface area contributed by atoms with E-state index in [2.05, 4.69) is 31.3 Å². The van der Waals surface area contributed by atoms with E-state index in [0.29, 0.717) is 0 Å². The van der Waals surface area contributed by atoms with Crippen LogP contribution in [-0.4, -0.2) is 7.11 Å². The van der Waals surface area contributed by atoms with Crippen molar-refractivity contribution in [1.82, 2.24) is 0 Å². The molecule has 0 amide bonds. The lowest BCUT2D eigenvalue weighted by Crippen LogP contribution is -2.07. The molecule has 0 saturated heterocycles. The predicted octanol–water partition coefficient (Wildman–Crippen LogP) is 4.83. The van der Waals surface area contributed by atoms with Gasteiger partial charge in [0.1, 0.15) is 5.75 Å². The highest BCUT2D eigenvalue weighted by molar-refractivity contribution is 6.30. The Labute approximate surface area is 119 Å². The van der Waals surface area contributed by atoms with E-state index < -0.39 is 0 Å². The van der Waals surface area contributed by atoms with Crippen LogP contribution in [0.5, 0.6) is 5.75 Å². The minimum atomic E-state index is 0.161. The van der Waals surface area contributed by atoms with Gasteiger partial charge in [-0.2, -0.15) is 0 Å². The van der Waals surface area contributed by atoms with Crippen LogP contribution in [0.4, 0.5) is 5.69 Å². The summed E-state index contributed by atoms with van der Waals surface area (Å²) in [6.07, 6.45) is 0. The Hall–Kier alpha value is -1.67. The first kappa shape index (κ1) is 13.8. The average molecular weight is 276 g/mol. The molecule has 0 heterocycles. The molecule has 2 rings (SSSR count). The monoisotopic (exact) mass is 275 g/mol. The topological polar surface area (TPSA) is 21.3 Å². The molecule has 0 bridgehead atoms. The second-order valence-electron chi connectivity index (χ2n) is 4.62. The van der Waals surface area contributed by atoms with Gasteiger partial charge < -0.3 is 10.1 Å². The molecule has 0 aromatic heterocycles. The van der Waals surface area contributed by atoms with Crippen molar-refractivity contribution in [3.8, 4) is 5.75 Å². The fourth-order valence-electron chi connectivity index (χ4n) is 2.03. The summed E-state index contributed by atoms with van der Waals surface area (Å²) in [5.41, 5.74) is 3.34. The first-order valence-electron chi connectivity index (χ1n) is 6.27. The molecule has 2 aromatic carbocycles. The van der Waals surface area contributed by atoms with E-state index in [9.17, 15) is 0 Å². The van der Waals surface area contributed by atoms with Gasteiger partial charge in [-0.3, -0.25) is 0 Å². The van der Waals surface area contributed by atoms with E-state index in [-0.39, 0.29) is 6.04 Å². The number of aryl methyl sites for hydroxylation is 1. The Morgan fingerprint density at radius 3 is 2.63 bits per heavy atom. The highest BCUT2D eigenvalue weighted by atomic mass is 35.5. The van der Waals surface area contributed by atoms with Gasteiger partial charge in [-0.15, -0.1) is 0 Å². The van der Waals surface area contributed by atoms with Crippen molar-refractivity contribution in [2.45, 2.75) is 19.9 Å². The zero-order valence-electron chi connectivity index (χ0n) is 11.4. The van der Waals surface area contributed by atoms with Crippen LogP contribution >= 0.6 is 11.6 Å². The maximum absolute atomic E-state index is 6.02. The Kier molecular flexibility index (Phi) is 4.33. The standard InChI is InChI=1S/C16H18ClNO/c1-11-7-8-16(19-3)15(9-11)18-12(2)13-5-4-6-14(17)10-13/h4-10,12,18H,1-3H3. The Morgan fingerprint density at radius 2 is 1.95 bits per heavy atom. The minimum Gasteiger partial charge on any atom is -0.495 e. The number of halogens is 1. The quantitative estimate of drug-likeness (QED) is 0.863. The van der Waals surface area contributed by atoms with Crippen molar-refractivity contribution < 1.29 is 4.74 Å². The molecule has 0 radical (unpaired) electrons. The van der Waals surface area contributed by atoms with Gasteiger partial charge in [0, 0.05) is 11.1 Å². The van der Waals surface area contributed by atoms with E-state index in [4.69, 9.17) is 16.3 Å². The molecule has 0 spiro atoms. The molecule has 2 nitrogen and oxygen atoms in total. The summed E-state index contributed by atoms with van der Waals surface area (Å²) in [5, 5.41) is 4.21. The van der Waals surface area contributed by atoms with E-state index in [1.54, 1.807) is 7.11 Å². The smallest absolute Gasteiger partial charge is 0.141 e. The highest BCUT2D eigenvalue weighted by Gasteiger charge is 2.09. The third-order valence-electron chi connectivity index (χ3n) is 3.08. The zero-order chi connectivity index (χ0) is 13.8. The molecular weight excluding hydrogens is 258 g/mol. The molecular formula is C16H18ClNO. The summed E-state index contributed by atoms with van der Waals surface area (Å²) >= 11 is 6.02. The minimum absolute atomic E-state index is 0.161. The third-order valence-corrected chi connectivity index (χ3v) is 3.31. The van der Waals surface area contributed by atoms with Crippen LogP contribution < -0.4 is 10.1 Å². The molecule has 1 atom stereocenters. The van der Waals surface area contributed by atoms with Crippen LogP contribution in [0.15, 0.2) is 42.5 Å².